The zero-order valence-electron chi connectivity index (χ0n) is 9.72. The number of hydrogen-bond acceptors (Lipinski definition) is 4. The minimum Gasteiger partial charge on any atom is -0.494 e. The van der Waals surface area contributed by atoms with Gasteiger partial charge in [-0.05, 0) is 0 Å². The van der Waals surface area contributed by atoms with E-state index >= 15 is 0 Å². The molecule has 0 saturated carbocycles. The second-order valence-electron chi connectivity index (χ2n) is 3.25. The van der Waals surface area contributed by atoms with Crippen LogP contribution in [-0.4, -0.2) is 25.2 Å². The van der Waals surface area contributed by atoms with Crippen LogP contribution in [0.1, 0.15) is 28.0 Å². The second-order valence-corrected chi connectivity index (χ2v) is 3.25. The largest absolute Gasteiger partial charge is 0.494 e. The number of halogens is 5. The van der Waals surface area contributed by atoms with Crippen molar-refractivity contribution in [1.82, 2.24) is 4.98 Å². The Morgan fingerprint density at radius 1 is 1.32 bits per heavy atom. The lowest BCUT2D eigenvalue weighted by Crippen LogP contribution is -2.18. The van der Waals surface area contributed by atoms with Crippen LogP contribution in [0.4, 0.5) is 22.0 Å². The van der Waals surface area contributed by atoms with Gasteiger partial charge in [-0.3, -0.25) is 0 Å². The molecule has 0 bridgehead atoms. The summed E-state index contributed by atoms with van der Waals surface area (Å²) >= 11 is 0. The lowest BCUT2D eigenvalue weighted by Gasteiger charge is -2.16. The fourth-order valence-corrected chi connectivity index (χ4v) is 1.41. The van der Waals surface area contributed by atoms with Crippen LogP contribution in [-0.2, 0) is 10.9 Å². The molecule has 0 amide bonds. The second kappa shape index (κ2) is 5.37. The maximum Gasteiger partial charge on any atom is 0.433 e. The third-order valence-corrected chi connectivity index (χ3v) is 2.18. The van der Waals surface area contributed by atoms with E-state index in [2.05, 4.69) is 14.5 Å². The van der Waals surface area contributed by atoms with Crippen molar-refractivity contribution >= 4 is 5.97 Å². The molecule has 0 spiro atoms. The van der Waals surface area contributed by atoms with Crippen LogP contribution in [0.25, 0.3) is 0 Å². The van der Waals surface area contributed by atoms with E-state index < -0.39 is 41.1 Å². The first-order chi connectivity index (χ1) is 8.73. The van der Waals surface area contributed by atoms with Gasteiger partial charge >= 0.3 is 12.1 Å². The van der Waals surface area contributed by atoms with Crippen LogP contribution in [0.15, 0.2) is 6.20 Å². The van der Waals surface area contributed by atoms with E-state index in [1.54, 1.807) is 0 Å². The molecule has 1 aromatic rings. The molecule has 4 nitrogen and oxygen atoms in total. The SMILES string of the molecule is COC(=O)c1c(OC)cnc(C(F)(F)F)c1C(F)F. The van der Waals surface area contributed by atoms with Crippen LogP contribution in [0.3, 0.4) is 0 Å². The van der Waals surface area contributed by atoms with Gasteiger partial charge in [0, 0.05) is 0 Å². The fraction of sp³-hybridized carbons (Fsp3) is 0.400. The van der Waals surface area contributed by atoms with E-state index in [-0.39, 0.29) is 0 Å². The monoisotopic (exact) mass is 285 g/mol. The van der Waals surface area contributed by atoms with E-state index in [9.17, 15) is 26.7 Å². The molecule has 0 aliphatic rings. The quantitative estimate of drug-likeness (QED) is 0.633. The summed E-state index contributed by atoms with van der Waals surface area (Å²) in [6, 6.07) is 0. The Bertz CT molecular complexity index is 487. The molecular weight excluding hydrogens is 277 g/mol. The Kier molecular flexibility index (Phi) is 4.28. The first-order valence-electron chi connectivity index (χ1n) is 4.74. The smallest absolute Gasteiger partial charge is 0.433 e. The number of aromatic nitrogens is 1. The topological polar surface area (TPSA) is 48.4 Å². The number of carbonyl (C=O) groups excluding carboxylic acids is 1. The average molecular weight is 285 g/mol. The molecule has 106 valence electrons. The summed E-state index contributed by atoms with van der Waals surface area (Å²) in [5.74, 6) is -1.88. The number of esters is 1. The molecule has 0 radical (unpaired) electrons. The van der Waals surface area contributed by atoms with Crippen LogP contribution < -0.4 is 4.74 Å². The van der Waals surface area contributed by atoms with Gasteiger partial charge < -0.3 is 9.47 Å². The van der Waals surface area contributed by atoms with E-state index in [0.29, 0.717) is 6.20 Å². The molecule has 0 unspecified atom stereocenters. The predicted octanol–water partition coefficient (Wildman–Crippen LogP) is 2.83. The minimum absolute atomic E-state index is 0.518. The molecule has 0 saturated heterocycles. The summed E-state index contributed by atoms with van der Waals surface area (Å²) in [5, 5.41) is 0. The zero-order chi connectivity index (χ0) is 14.8. The van der Waals surface area contributed by atoms with Gasteiger partial charge in [-0.15, -0.1) is 0 Å². The molecule has 0 atom stereocenters. The maximum absolute atomic E-state index is 12.8. The van der Waals surface area contributed by atoms with Gasteiger partial charge in [0.25, 0.3) is 6.43 Å². The maximum atomic E-state index is 12.8. The summed E-state index contributed by atoms with van der Waals surface area (Å²) in [6.45, 7) is 0. The molecule has 0 aromatic carbocycles. The summed E-state index contributed by atoms with van der Waals surface area (Å²) in [4.78, 5) is 14.2. The van der Waals surface area contributed by atoms with Crippen molar-refractivity contribution in [2.45, 2.75) is 12.6 Å². The normalized spacial score (nSPS) is 11.6. The summed E-state index contributed by atoms with van der Waals surface area (Å²) < 4.78 is 72.2. The summed E-state index contributed by atoms with van der Waals surface area (Å²) in [5.41, 5.74) is -4.38. The number of methoxy groups -OCH3 is 2. The molecular formula is C10H8F5NO3. The van der Waals surface area contributed by atoms with Crippen molar-refractivity contribution in [1.29, 1.82) is 0 Å². The zero-order valence-corrected chi connectivity index (χ0v) is 9.72. The molecule has 1 rings (SSSR count). The lowest BCUT2D eigenvalue weighted by molar-refractivity contribution is -0.143. The molecule has 0 N–H and O–H groups in total. The minimum atomic E-state index is -5.12. The van der Waals surface area contributed by atoms with Gasteiger partial charge in [0.05, 0.1) is 26.0 Å². The van der Waals surface area contributed by atoms with Crippen molar-refractivity contribution < 1.29 is 36.2 Å². The Labute approximate surface area is 104 Å². The van der Waals surface area contributed by atoms with Gasteiger partial charge in [-0.1, -0.05) is 0 Å². The molecule has 1 aromatic heterocycles. The highest BCUT2D eigenvalue weighted by Crippen LogP contribution is 2.39. The van der Waals surface area contributed by atoms with Gasteiger partial charge in [0.1, 0.15) is 5.56 Å². The third kappa shape index (κ3) is 2.91. The van der Waals surface area contributed by atoms with E-state index in [0.717, 1.165) is 14.2 Å². The molecule has 1 heterocycles. The van der Waals surface area contributed by atoms with Gasteiger partial charge in [0.2, 0.25) is 0 Å². The highest BCUT2D eigenvalue weighted by molar-refractivity contribution is 5.94. The summed E-state index contributed by atoms with van der Waals surface area (Å²) in [7, 11) is 1.86. The lowest BCUT2D eigenvalue weighted by atomic mass is 10.1. The molecule has 9 heteroatoms. The van der Waals surface area contributed by atoms with Crippen LogP contribution >= 0.6 is 0 Å². The van der Waals surface area contributed by atoms with Crippen molar-refractivity contribution in [3.63, 3.8) is 0 Å². The highest BCUT2D eigenvalue weighted by Gasteiger charge is 2.41. The number of rotatable bonds is 3. The van der Waals surface area contributed by atoms with Crippen LogP contribution in [0, 0.1) is 0 Å². The highest BCUT2D eigenvalue weighted by atomic mass is 19.4. The number of alkyl halides is 5. The first kappa shape index (κ1) is 15.1. The third-order valence-electron chi connectivity index (χ3n) is 2.18. The molecule has 0 aliphatic carbocycles. The standard InChI is InChI=1S/C10H8F5NO3/c1-18-4-3-16-7(10(13,14)15)6(8(11)12)5(4)9(17)19-2/h3,8H,1-2H3. The number of hydrogen-bond donors (Lipinski definition) is 0. The van der Waals surface area contributed by atoms with E-state index in [1.807, 2.05) is 0 Å². The first-order valence-corrected chi connectivity index (χ1v) is 4.74. The Hall–Kier alpha value is -1.93. The predicted molar refractivity (Wildman–Crippen MR) is 52.1 cm³/mol. The Morgan fingerprint density at radius 3 is 2.26 bits per heavy atom. The summed E-state index contributed by atoms with van der Waals surface area (Å²) in [6.07, 6.45) is -8.14. The fourth-order valence-electron chi connectivity index (χ4n) is 1.41. The van der Waals surface area contributed by atoms with Crippen molar-refractivity contribution in [2.75, 3.05) is 14.2 Å². The van der Waals surface area contributed by atoms with Crippen LogP contribution in [0.2, 0.25) is 0 Å². The van der Waals surface area contributed by atoms with Gasteiger partial charge in [-0.2, -0.15) is 13.2 Å². The van der Waals surface area contributed by atoms with Crippen molar-refractivity contribution in [3.05, 3.63) is 23.0 Å². The number of ether oxygens (including phenoxy) is 2. The van der Waals surface area contributed by atoms with Crippen LogP contribution in [0.5, 0.6) is 5.75 Å². The van der Waals surface area contributed by atoms with E-state index in [4.69, 9.17) is 0 Å². The van der Waals surface area contributed by atoms with Crippen molar-refractivity contribution in [3.8, 4) is 5.75 Å². The molecule has 0 fully saturated rings. The average Bonchev–Trinajstić information content (AvgIpc) is 2.34. The Morgan fingerprint density at radius 2 is 1.89 bits per heavy atom. The Balaban J connectivity index is 3.68. The number of carbonyl (C=O) groups is 1. The van der Waals surface area contributed by atoms with E-state index in [1.165, 1.54) is 0 Å². The molecule has 19 heavy (non-hydrogen) atoms. The molecule has 0 aliphatic heterocycles. The number of nitrogens with zero attached hydrogens (tertiary/aromatic N) is 1. The van der Waals surface area contributed by atoms with Gasteiger partial charge in [-0.25, -0.2) is 18.6 Å². The van der Waals surface area contributed by atoms with Gasteiger partial charge in [0.15, 0.2) is 11.4 Å². The number of pyridine rings is 1. The van der Waals surface area contributed by atoms with Crippen molar-refractivity contribution in [2.24, 2.45) is 0 Å².